The second kappa shape index (κ2) is 7.60. The van der Waals surface area contributed by atoms with Crippen LogP contribution in [-0.2, 0) is 14.3 Å². The molecule has 0 saturated carbocycles. The van der Waals surface area contributed by atoms with Crippen molar-refractivity contribution in [1.82, 2.24) is 5.32 Å². The number of ether oxygens (including phenoxy) is 2. The number of nitrogens with two attached hydrogens (primary N) is 1. The van der Waals surface area contributed by atoms with Crippen LogP contribution in [0.3, 0.4) is 0 Å². The van der Waals surface area contributed by atoms with Crippen molar-refractivity contribution < 1.29 is 14.3 Å². The third kappa shape index (κ3) is 7.62. The number of nitrogens with one attached hydrogen (secondary N) is 1. The summed E-state index contributed by atoms with van der Waals surface area (Å²) in [6, 6.07) is -0.00321. The number of rotatable bonds is 8. The van der Waals surface area contributed by atoms with Crippen LogP contribution in [-0.4, -0.2) is 44.4 Å². The maximum atomic E-state index is 11.4. The van der Waals surface area contributed by atoms with Gasteiger partial charge in [0.2, 0.25) is 5.91 Å². The van der Waals surface area contributed by atoms with Gasteiger partial charge in [-0.05, 0) is 20.3 Å². The number of carbonyl (C=O) groups is 1. The molecule has 0 aliphatic heterocycles. The van der Waals surface area contributed by atoms with Crippen molar-refractivity contribution in [2.45, 2.75) is 38.8 Å². The standard InChI is InChI=1S/C11H24N2O3/c1-5-11(3,12)8-16-7-10(14)13-9(2)6-15-4/h9H,5-8,12H2,1-4H3,(H,13,14). The minimum Gasteiger partial charge on any atom is -0.383 e. The van der Waals surface area contributed by atoms with Crippen molar-refractivity contribution in [3.05, 3.63) is 0 Å². The molecule has 0 fully saturated rings. The molecule has 2 atom stereocenters. The lowest BCUT2D eigenvalue weighted by Gasteiger charge is -2.22. The average Bonchev–Trinajstić information content (AvgIpc) is 2.17. The molecule has 5 heteroatoms. The quantitative estimate of drug-likeness (QED) is 0.630. The van der Waals surface area contributed by atoms with Crippen molar-refractivity contribution >= 4 is 5.91 Å². The van der Waals surface area contributed by atoms with Gasteiger partial charge in [0, 0.05) is 18.7 Å². The summed E-state index contributed by atoms with van der Waals surface area (Å²) in [4.78, 5) is 11.4. The fraction of sp³-hybridized carbons (Fsp3) is 0.909. The lowest BCUT2D eigenvalue weighted by molar-refractivity contribution is -0.127. The first kappa shape index (κ1) is 15.3. The second-order valence-corrected chi connectivity index (χ2v) is 4.42. The van der Waals surface area contributed by atoms with E-state index in [0.29, 0.717) is 13.2 Å². The van der Waals surface area contributed by atoms with Crippen molar-refractivity contribution in [2.75, 3.05) is 26.9 Å². The Morgan fingerprint density at radius 3 is 2.69 bits per heavy atom. The van der Waals surface area contributed by atoms with Crippen LogP contribution in [0.2, 0.25) is 0 Å². The molecular formula is C11H24N2O3. The third-order valence-electron chi connectivity index (χ3n) is 2.30. The Labute approximate surface area is 97.7 Å². The van der Waals surface area contributed by atoms with Gasteiger partial charge in [-0.25, -0.2) is 0 Å². The smallest absolute Gasteiger partial charge is 0.246 e. The van der Waals surface area contributed by atoms with Crippen LogP contribution in [0.5, 0.6) is 0 Å². The molecule has 0 radical (unpaired) electrons. The Kier molecular flexibility index (Phi) is 7.29. The Morgan fingerprint density at radius 1 is 1.56 bits per heavy atom. The summed E-state index contributed by atoms with van der Waals surface area (Å²) in [7, 11) is 1.60. The van der Waals surface area contributed by atoms with E-state index >= 15 is 0 Å². The van der Waals surface area contributed by atoms with Crippen LogP contribution in [0.25, 0.3) is 0 Å². The lowest BCUT2D eigenvalue weighted by atomic mass is 10.0. The van der Waals surface area contributed by atoms with Gasteiger partial charge in [-0.15, -0.1) is 0 Å². The number of carbonyl (C=O) groups excluding carboxylic acids is 1. The summed E-state index contributed by atoms with van der Waals surface area (Å²) in [5.41, 5.74) is 5.51. The Morgan fingerprint density at radius 2 is 2.19 bits per heavy atom. The van der Waals surface area contributed by atoms with Gasteiger partial charge in [-0.1, -0.05) is 6.92 Å². The highest BCUT2D eigenvalue weighted by atomic mass is 16.5. The van der Waals surface area contributed by atoms with E-state index < -0.39 is 0 Å². The number of amides is 1. The first-order valence-corrected chi connectivity index (χ1v) is 5.56. The summed E-state index contributed by atoms with van der Waals surface area (Å²) in [5, 5.41) is 2.76. The van der Waals surface area contributed by atoms with Crippen LogP contribution >= 0.6 is 0 Å². The van der Waals surface area contributed by atoms with Gasteiger partial charge in [0.25, 0.3) is 0 Å². The first-order valence-electron chi connectivity index (χ1n) is 5.56. The van der Waals surface area contributed by atoms with Crippen LogP contribution in [0, 0.1) is 0 Å². The molecular weight excluding hydrogens is 208 g/mol. The van der Waals surface area contributed by atoms with E-state index in [-0.39, 0.29) is 24.1 Å². The summed E-state index contributed by atoms with van der Waals surface area (Å²) < 4.78 is 10.2. The third-order valence-corrected chi connectivity index (χ3v) is 2.30. The van der Waals surface area contributed by atoms with Crippen LogP contribution < -0.4 is 11.1 Å². The normalized spacial score (nSPS) is 16.6. The van der Waals surface area contributed by atoms with Crippen LogP contribution in [0.15, 0.2) is 0 Å². The minimum atomic E-state index is -0.363. The molecule has 3 N–H and O–H groups in total. The van der Waals surface area contributed by atoms with Gasteiger partial charge in [-0.2, -0.15) is 0 Å². The van der Waals surface area contributed by atoms with E-state index in [1.54, 1.807) is 7.11 Å². The molecule has 0 aliphatic rings. The topological polar surface area (TPSA) is 73.6 Å². The highest BCUT2D eigenvalue weighted by molar-refractivity contribution is 5.77. The van der Waals surface area contributed by atoms with Crippen molar-refractivity contribution in [3.8, 4) is 0 Å². The zero-order valence-corrected chi connectivity index (χ0v) is 10.7. The highest BCUT2D eigenvalue weighted by Gasteiger charge is 2.16. The van der Waals surface area contributed by atoms with Crippen molar-refractivity contribution in [2.24, 2.45) is 5.73 Å². The molecule has 0 aromatic rings. The highest BCUT2D eigenvalue weighted by Crippen LogP contribution is 2.04. The molecule has 96 valence electrons. The molecule has 0 heterocycles. The van der Waals surface area contributed by atoms with Gasteiger partial charge >= 0.3 is 0 Å². The molecule has 0 bridgehead atoms. The second-order valence-electron chi connectivity index (χ2n) is 4.42. The Hall–Kier alpha value is -0.650. The lowest BCUT2D eigenvalue weighted by Crippen LogP contribution is -2.43. The molecule has 0 rings (SSSR count). The molecule has 2 unspecified atom stereocenters. The SMILES string of the molecule is CCC(C)(N)COCC(=O)NC(C)COC. The number of hydrogen-bond donors (Lipinski definition) is 2. The monoisotopic (exact) mass is 232 g/mol. The molecule has 16 heavy (non-hydrogen) atoms. The van der Waals surface area contributed by atoms with E-state index in [2.05, 4.69) is 5.32 Å². The zero-order valence-electron chi connectivity index (χ0n) is 10.7. The van der Waals surface area contributed by atoms with E-state index in [4.69, 9.17) is 15.2 Å². The van der Waals surface area contributed by atoms with E-state index in [1.165, 1.54) is 0 Å². The minimum absolute atomic E-state index is 0.00321. The van der Waals surface area contributed by atoms with Gasteiger partial charge in [0.05, 0.1) is 13.2 Å². The fourth-order valence-corrected chi connectivity index (χ4v) is 1.09. The van der Waals surface area contributed by atoms with Crippen molar-refractivity contribution in [1.29, 1.82) is 0 Å². The molecule has 1 amide bonds. The molecule has 0 saturated heterocycles. The van der Waals surface area contributed by atoms with Crippen LogP contribution in [0.1, 0.15) is 27.2 Å². The number of hydrogen-bond acceptors (Lipinski definition) is 4. The maximum Gasteiger partial charge on any atom is 0.246 e. The van der Waals surface area contributed by atoms with Crippen molar-refractivity contribution in [3.63, 3.8) is 0 Å². The van der Waals surface area contributed by atoms with E-state index in [0.717, 1.165) is 6.42 Å². The van der Waals surface area contributed by atoms with Gasteiger partial charge < -0.3 is 20.5 Å². The number of methoxy groups -OCH3 is 1. The molecule has 5 nitrogen and oxygen atoms in total. The zero-order chi connectivity index (χ0) is 12.6. The van der Waals surface area contributed by atoms with E-state index in [9.17, 15) is 4.79 Å². The van der Waals surface area contributed by atoms with Crippen LogP contribution in [0.4, 0.5) is 0 Å². The Balaban J connectivity index is 3.66. The fourth-order valence-electron chi connectivity index (χ4n) is 1.09. The predicted molar refractivity (Wildman–Crippen MR) is 63.2 cm³/mol. The van der Waals surface area contributed by atoms with Gasteiger partial charge in [0.1, 0.15) is 6.61 Å². The maximum absolute atomic E-state index is 11.4. The van der Waals surface area contributed by atoms with Gasteiger partial charge in [0.15, 0.2) is 0 Å². The molecule has 0 aliphatic carbocycles. The first-order chi connectivity index (χ1) is 7.41. The van der Waals surface area contributed by atoms with E-state index in [1.807, 2.05) is 20.8 Å². The van der Waals surface area contributed by atoms with Gasteiger partial charge in [-0.3, -0.25) is 4.79 Å². The molecule has 0 spiro atoms. The summed E-state index contributed by atoms with van der Waals surface area (Å²) in [5.74, 6) is -0.142. The largest absolute Gasteiger partial charge is 0.383 e. The average molecular weight is 232 g/mol. The summed E-state index contributed by atoms with van der Waals surface area (Å²) in [6.45, 7) is 6.69. The Bertz CT molecular complexity index is 207. The summed E-state index contributed by atoms with van der Waals surface area (Å²) in [6.07, 6.45) is 0.814. The predicted octanol–water partition coefficient (Wildman–Crippen LogP) is 0.282. The molecule has 0 aromatic heterocycles. The molecule has 0 aromatic carbocycles. The summed E-state index contributed by atoms with van der Waals surface area (Å²) >= 11 is 0.